The maximum atomic E-state index is 13.7. The molecule has 0 amide bonds. The van der Waals surface area contributed by atoms with E-state index in [2.05, 4.69) is 0 Å². The number of ether oxygens (including phenoxy) is 2. The van der Waals surface area contributed by atoms with Gasteiger partial charge in [0.1, 0.15) is 22.7 Å². The minimum atomic E-state index is -2.66. The lowest BCUT2D eigenvalue weighted by Gasteiger charge is -2.19. The molecular formula is C18H20F2O4. The topological polar surface area (TPSA) is 48.7 Å². The molecule has 0 bridgehead atoms. The molecule has 2 aromatic rings. The van der Waals surface area contributed by atoms with Crippen LogP contribution >= 0.6 is 0 Å². The van der Waals surface area contributed by atoms with Gasteiger partial charge in [0.15, 0.2) is 0 Å². The van der Waals surface area contributed by atoms with Crippen LogP contribution in [0.3, 0.4) is 0 Å². The van der Waals surface area contributed by atoms with Gasteiger partial charge in [0.05, 0.1) is 19.1 Å². The number of alkyl halides is 2. The first-order valence-electron chi connectivity index (χ1n) is 8.13. The summed E-state index contributed by atoms with van der Waals surface area (Å²) in [5.74, 6) is -2.98. The Bertz CT molecular complexity index is 751. The summed E-state index contributed by atoms with van der Waals surface area (Å²) >= 11 is 0. The van der Waals surface area contributed by atoms with E-state index < -0.39 is 17.8 Å². The van der Waals surface area contributed by atoms with Crippen LogP contribution in [-0.2, 0) is 4.74 Å². The van der Waals surface area contributed by atoms with Crippen LogP contribution in [0.2, 0.25) is 0 Å². The van der Waals surface area contributed by atoms with Crippen LogP contribution in [-0.4, -0.2) is 25.1 Å². The Morgan fingerprint density at radius 3 is 2.88 bits per heavy atom. The summed E-state index contributed by atoms with van der Waals surface area (Å²) < 4.78 is 43.5. The van der Waals surface area contributed by atoms with Gasteiger partial charge in [-0.3, -0.25) is 0 Å². The van der Waals surface area contributed by atoms with E-state index in [0.29, 0.717) is 40.9 Å². The van der Waals surface area contributed by atoms with Gasteiger partial charge in [0.25, 0.3) is 5.92 Å². The predicted molar refractivity (Wildman–Crippen MR) is 84.7 cm³/mol. The van der Waals surface area contributed by atoms with Crippen LogP contribution in [0, 0.1) is 12.8 Å². The molecule has 0 aliphatic heterocycles. The zero-order valence-electron chi connectivity index (χ0n) is 13.7. The normalized spacial score (nSPS) is 19.6. The van der Waals surface area contributed by atoms with Gasteiger partial charge in [-0.15, -0.1) is 0 Å². The summed E-state index contributed by atoms with van der Waals surface area (Å²) in [5.41, 5.74) is 0.887. The zero-order chi connectivity index (χ0) is 17.3. The van der Waals surface area contributed by atoms with Crippen LogP contribution < -0.4 is 4.74 Å². The average Bonchev–Trinajstić information content (AvgIpc) is 3.03. The maximum absolute atomic E-state index is 13.7. The Labute approximate surface area is 138 Å². The monoisotopic (exact) mass is 338 g/mol. The highest BCUT2D eigenvalue weighted by atomic mass is 19.3. The fourth-order valence-electron chi connectivity index (χ4n) is 3.15. The summed E-state index contributed by atoms with van der Waals surface area (Å²) in [7, 11) is 0. The summed E-state index contributed by atoms with van der Waals surface area (Å²) in [6.45, 7) is 3.64. The number of fused-ring (bicyclic) bond motifs is 1. The SMILES string of the molecule is CCOC(=O)c1c(C)oc2ccc(OCC3CCCC3(F)F)cc12. The quantitative estimate of drug-likeness (QED) is 0.739. The van der Waals surface area contributed by atoms with Crippen molar-refractivity contribution in [1.82, 2.24) is 0 Å². The van der Waals surface area contributed by atoms with Crippen molar-refractivity contribution in [3.05, 3.63) is 29.5 Å². The molecule has 1 aliphatic rings. The second-order valence-corrected chi connectivity index (χ2v) is 6.07. The standard InChI is InChI=1S/C18H20F2O4/c1-3-22-17(21)16-11(2)24-15-7-6-13(9-14(15)16)23-10-12-5-4-8-18(12,19)20/h6-7,9,12H,3-5,8,10H2,1-2H3. The maximum Gasteiger partial charge on any atom is 0.342 e. The van der Waals surface area contributed by atoms with Crippen molar-refractivity contribution in [2.24, 2.45) is 5.92 Å². The molecular weight excluding hydrogens is 318 g/mol. The van der Waals surface area contributed by atoms with E-state index in [4.69, 9.17) is 13.9 Å². The van der Waals surface area contributed by atoms with Gasteiger partial charge in [-0.25, -0.2) is 13.6 Å². The number of furan rings is 1. The highest BCUT2D eigenvalue weighted by Gasteiger charge is 2.44. The van der Waals surface area contributed by atoms with Gasteiger partial charge in [-0.05, 0) is 44.9 Å². The van der Waals surface area contributed by atoms with Crippen molar-refractivity contribution in [2.45, 2.75) is 39.0 Å². The van der Waals surface area contributed by atoms with Crippen molar-refractivity contribution in [2.75, 3.05) is 13.2 Å². The molecule has 1 saturated carbocycles. The molecule has 1 fully saturated rings. The van der Waals surface area contributed by atoms with Crippen LogP contribution in [0.4, 0.5) is 8.78 Å². The summed E-state index contributed by atoms with van der Waals surface area (Å²) in [6, 6.07) is 4.98. The Kier molecular flexibility index (Phi) is 4.47. The Morgan fingerprint density at radius 2 is 2.21 bits per heavy atom. The lowest BCUT2D eigenvalue weighted by atomic mass is 10.1. The lowest BCUT2D eigenvalue weighted by molar-refractivity contribution is -0.0505. The fraction of sp³-hybridized carbons (Fsp3) is 0.500. The first kappa shape index (κ1) is 16.7. The number of halogens is 2. The minimum Gasteiger partial charge on any atom is -0.493 e. The molecule has 3 rings (SSSR count). The molecule has 0 N–H and O–H groups in total. The molecule has 1 unspecified atom stereocenters. The van der Waals surface area contributed by atoms with E-state index in [1.807, 2.05) is 0 Å². The van der Waals surface area contributed by atoms with E-state index in [1.54, 1.807) is 32.0 Å². The second-order valence-electron chi connectivity index (χ2n) is 6.07. The van der Waals surface area contributed by atoms with E-state index in [1.165, 1.54) is 0 Å². The van der Waals surface area contributed by atoms with Crippen molar-refractivity contribution in [3.8, 4) is 5.75 Å². The smallest absolute Gasteiger partial charge is 0.342 e. The molecule has 1 aromatic heterocycles. The van der Waals surface area contributed by atoms with Crippen molar-refractivity contribution in [3.63, 3.8) is 0 Å². The van der Waals surface area contributed by atoms with Crippen molar-refractivity contribution < 1.29 is 27.5 Å². The Hall–Kier alpha value is -2.11. The average molecular weight is 338 g/mol. The third-order valence-electron chi connectivity index (χ3n) is 4.43. The number of aryl methyl sites for hydroxylation is 1. The van der Waals surface area contributed by atoms with E-state index in [0.717, 1.165) is 0 Å². The Balaban J connectivity index is 1.82. The first-order chi connectivity index (χ1) is 11.4. The molecule has 0 spiro atoms. The molecule has 0 saturated heterocycles. The minimum absolute atomic E-state index is 0.0376. The van der Waals surface area contributed by atoms with Crippen molar-refractivity contribution in [1.29, 1.82) is 0 Å². The van der Waals surface area contributed by atoms with Crippen molar-refractivity contribution >= 4 is 16.9 Å². The number of rotatable bonds is 5. The van der Waals surface area contributed by atoms with Gasteiger partial charge < -0.3 is 13.9 Å². The molecule has 1 aliphatic carbocycles. The first-order valence-corrected chi connectivity index (χ1v) is 8.13. The van der Waals surface area contributed by atoms with Crippen LogP contribution in [0.15, 0.2) is 22.6 Å². The second kappa shape index (κ2) is 6.42. The lowest BCUT2D eigenvalue weighted by Crippen LogP contribution is -2.27. The zero-order valence-corrected chi connectivity index (χ0v) is 13.7. The number of hydrogen-bond donors (Lipinski definition) is 0. The number of esters is 1. The van der Waals surface area contributed by atoms with Gasteiger partial charge >= 0.3 is 5.97 Å². The van der Waals surface area contributed by atoms with E-state index in [9.17, 15) is 13.6 Å². The van der Waals surface area contributed by atoms with Gasteiger partial charge in [-0.1, -0.05) is 0 Å². The molecule has 1 heterocycles. The van der Waals surface area contributed by atoms with Gasteiger partial charge in [0.2, 0.25) is 0 Å². The molecule has 4 nitrogen and oxygen atoms in total. The summed E-state index contributed by atoms with van der Waals surface area (Å²) in [6.07, 6.45) is 0.913. The molecule has 6 heteroatoms. The summed E-state index contributed by atoms with van der Waals surface area (Å²) in [5, 5.41) is 0.571. The molecule has 1 aromatic carbocycles. The number of benzene rings is 1. The van der Waals surface area contributed by atoms with Crippen LogP contribution in [0.25, 0.3) is 11.0 Å². The third-order valence-corrected chi connectivity index (χ3v) is 4.43. The third kappa shape index (κ3) is 3.09. The Morgan fingerprint density at radius 1 is 1.42 bits per heavy atom. The van der Waals surface area contributed by atoms with E-state index >= 15 is 0 Å². The fourth-order valence-corrected chi connectivity index (χ4v) is 3.15. The molecule has 0 radical (unpaired) electrons. The molecule has 1 atom stereocenters. The number of carbonyl (C=O) groups excluding carboxylic acids is 1. The molecule has 130 valence electrons. The number of carbonyl (C=O) groups is 1. The highest BCUT2D eigenvalue weighted by Crippen LogP contribution is 2.40. The van der Waals surface area contributed by atoms with Gasteiger partial charge in [-0.2, -0.15) is 0 Å². The van der Waals surface area contributed by atoms with Gasteiger partial charge in [0, 0.05) is 11.8 Å². The molecule has 24 heavy (non-hydrogen) atoms. The summed E-state index contributed by atoms with van der Waals surface area (Å²) in [4.78, 5) is 12.1. The largest absolute Gasteiger partial charge is 0.493 e. The number of hydrogen-bond acceptors (Lipinski definition) is 4. The van der Waals surface area contributed by atoms with Crippen LogP contribution in [0.5, 0.6) is 5.75 Å². The van der Waals surface area contributed by atoms with E-state index in [-0.39, 0.29) is 19.6 Å². The highest BCUT2D eigenvalue weighted by molar-refractivity contribution is 6.04. The predicted octanol–water partition coefficient (Wildman–Crippen LogP) is 4.73. The van der Waals surface area contributed by atoms with Crippen LogP contribution in [0.1, 0.15) is 42.3 Å².